The quantitative estimate of drug-likeness (QED) is 0.883. The van der Waals surface area contributed by atoms with Gasteiger partial charge in [0.2, 0.25) is 0 Å². The van der Waals surface area contributed by atoms with Crippen LogP contribution >= 0.6 is 0 Å². The predicted octanol–water partition coefficient (Wildman–Crippen LogP) is 0.803. The van der Waals surface area contributed by atoms with E-state index in [9.17, 15) is 4.79 Å². The summed E-state index contributed by atoms with van der Waals surface area (Å²) in [5.74, 6) is 0.0552. The number of anilines is 1. The summed E-state index contributed by atoms with van der Waals surface area (Å²) in [6.45, 7) is 5.85. The highest BCUT2D eigenvalue weighted by atomic mass is 16.7. The van der Waals surface area contributed by atoms with Gasteiger partial charge in [-0.25, -0.2) is 0 Å². The molecule has 2 saturated heterocycles. The molecule has 3 rings (SSSR count). The molecule has 2 aliphatic heterocycles. The normalized spacial score (nSPS) is 20.6. The maximum absolute atomic E-state index is 11.8. The van der Waals surface area contributed by atoms with Crippen LogP contribution in [0.3, 0.4) is 0 Å². The molecule has 1 aromatic carbocycles. The molecule has 5 heteroatoms. The number of nitrogens with zero attached hydrogens (tertiary/aromatic N) is 2. The Kier molecular flexibility index (Phi) is 4.30. The van der Waals surface area contributed by atoms with E-state index in [1.54, 1.807) is 0 Å². The van der Waals surface area contributed by atoms with Crippen molar-refractivity contribution in [3.05, 3.63) is 29.8 Å². The lowest BCUT2D eigenvalue weighted by molar-refractivity contribution is -0.119. The number of benzene rings is 1. The fourth-order valence-corrected chi connectivity index (χ4v) is 2.74. The highest BCUT2D eigenvalue weighted by molar-refractivity contribution is 5.93. The Morgan fingerprint density at radius 1 is 1.20 bits per heavy atom. The number of para-hydroxylation sites is 1. The van der Waals surface area contributed by atoms with E-state index in [1.165, 1.54) is 10.6 Å². The Balaban J connectivity index is 1.67. The summed E-state index contributed by atoms with van der Waals surface area (Å²) in [6, 6.07) is 8.04. The van der Waals surface area contributed by atoms with Gasteiger partial charge in [0, 0.05) is 32.7 Å². The molecule has 20 heavy (non-hydrogen) atoms. The third-order valence-electron chi connectivity index (χ3n) is 3.88. The van der Waals surface area contributed by atoms with E-state index >= 15 is 0 Å². The minimum absolute atomic E-state index is 0.0552. The monoisotopic (exact) mass is 275 g/mol. The lowest BCUT2D eigenvalue weighted by Crippen LogP contribution is -2.44. The third-order valence-corrected chi connectivity index (χ3v) is 3.88. The maximum atomic E-state index is 11.8. The number of hydrogen-bond donors (Lipinski definition) is 1. The van der Waals surface area contributed by atoms with Crippen molar-refractivity contribution in [3.8, 4) is 0 Å². The summed E-state index contributed by atoms with van der Waals surface area (Å²) in [6.07, 6.45) is 1.43. The zero-order valence-electron chi connectivity index (χ0n) is 11.7. The van der Waals surface area contributed by atoms with Gasteiger partial charge in [0.05, 0.1) is 18.7 Å². The average Bonchev–Trinajstić information content (AvgIpc) is 2.92. The molecule has 0 aromatic heterocycles. The molecule has 2 aliphatic rings. The van der Waals surface area contributed by atoms with E-state index in [0.29, 0.717) is 13.0 Å². The van der Waals surface area contributed by atoms with Crippen molar-refractivity contribution >= 4 is 11.6 Å². The van der Waals surface area contributed by atoms with Gasteiger partial charge in [-0.2, -0.15) is 5.06 Å². The van der Waals surface area contributed by atoms with Crippen LogP contribution in [-0.2, 0) is 16.1 Å². The van der Waals surface area contributed by atoms with Crippen molar-refractivity contribution in [2.24, 2.45) is 0 Å². The zero-order chi connectivity index (χ0) is 13.8. The lowest BCUT2D eigenvalue weighted by atomic mass is 10.1. The van der Waals surface area contributed by atoms with Gasteiger partial charge in [0.1, 0.15) is 0 Å². The second kappa shape index (κ2) is 6.35. The summed E-state index contributed by atoms with van der Waals surface area (Å²) < 4.78 is 0. The number of nitrogens with one attached hydrogen (secondary N) is 1. The topological polar surface area (TPSA) is 44.8 Å². The van der Waals surface area contributed by atoms with Gasteiger partial charge in [-0.3, -0.25) is 9.63 Å². The second-order valence-corrected chi connectivity index (χ2v) is 5.24. The summed E-state index contributed by atoms with van der Waals surface area (Å²) >= 11 is 0. The smallest absolute Gasteiger partial charge is 0.253 e. The van der Waals surface area contributed by atoms with Crippen LogP contribution in [0.5, 0.6) is 0 Å². The molecule has 2 fully saturated rings. The first kappa shape index (κ1) is 13.5. The zero-order valence-corrected chi connectivity index (χ0v) is 11.7. The van der Waals surface area contributed by atoms with Gasteiger partial charge >= 0.3 is 0 Å². The van der Waals surface area contributed by atoms with Crippen molar-refractivity contribution in [2.75, 3.05) is 44.4 Å². The van der Waals surface area contributed by atoms with Crippen LogP contribution in [0.4, 0.5) is 5.69 Å². The van der Waals surface area contributed by atoms with Crippen molar-refractivity contribution in [3.63, 3.8) is 0 Å². The van der Waals surface area contributed by atoms with E-state index in [-0.39, 0.29) is 5.91 Å². The van der Waals surface area contributed by atoms with Gasteiger partial charge in [-0.15, -0.1) is 0 Å². The molecule has 0 bridgehead atoms. The first-order chi connectivity index (χ1) is 9.84. The summed E-state index contributed by atoms with van der Waals surface area (Å²) in [5.41, 5.74) is 2.09. The van der Waals surface area contributed by atoms with Crippen molar-refractivity contribution in [2.45, 2.75) is 12.8 Å². The van der Waals surface area contributed by atoms with E-state index in [2.05, 4.69) is 16.3 Å². The molecule has 0 atom stereocenters. The molecular formula is C15H21N3O2. The van der Waals surface area contributed by atoms with Gasteiger partial charge in [-0.1, -0.05) is 18.2 Å². The number of amides is 1. The molecule has 5 nitrogen and oxygen atoms in total. The second-order valence-electron chi connectivity index (χ2n) is 5.24. The Hall–Kier alpha value is -1.43. The van der Waals surface area contributed by atoms with Crippen LogP contribution in [0.15, 0.2) is 24.3 Å². The van der Waals surface area contributed by atoms with Crippen LogP contribution in [0, 0.1) is 0 Å². The highest BCUT2D eigenvalue weighted by Gasteiger charge is 2.25. The van der Waals surface area contributed by atoms with Gasteiger partial charge < -0.3 is 10.2 Å². The van der Waals surface area contributed by atoms with Crippen LogP contribution in [0.2, 0.25) is 0 Å². The molecule has 0 unspecified atom stereocenters. The van der Waals surface area contributed by atoms with Crippen molar-refractivity contribution in [1.29, 1.82) is 0 Å². The summed E-state index contributed by atoms with van der Waals surface area (Å²) in [4.78, 5) is 19.7. The molecule has 0 radical (unpaired) electrons. The van der Waals surface area contributed by atoms with Crippen LogP contribution < -0.4 is 10.4 Å². The highest BCUT2D eigenvalue weighted by Crippen LogP contribution is 2.25. The van der Waals surface area contributed by atoms with Crippen molar-refractivity contribution in [1.82, 2.24) is 10.2 Å². The molecule has 0 spiro atoms. The molecule has 2 heterocycles. The molecule has 1 N–H and O–H groups in total. The molecule has 108 valence electrons. The van der Waals surface area contributed by atoms with Gasteiger partial charge in [-0.05, 0) is 18.1 Å². The van der Waals surface area contributed by atoms with Crippen LogP contribution in [0.25, 0.3) is 0 Å². The molecule has 0 saturated carbocycles. The minimum Gasteiger partial charge on any atom is -0.314 e. The van der Waals surface area contributed by atoms with Gasteiger partial charge in [0.25, 0.3) is 5.91 Å². The standard InChI is InChI=1S/C15H21N3O2/c19-15-6-12-20-18(15)14-4-2-1-3-13(14)5-9-17-10-7-16-8-11-17/h1-4,16H,5-12H2. The number of piperazine rings is 1. The van der Waals surface area contributed by atoms with Crippen LogP contribution in [0.1, 0.15) is 12.0 Å². The third kappa shape index (κ3) is 3.00. The molecule has 0 aliphatic carbocycles. The van der Waals surface area contributed by atoms with Crippen molar-refractivity contribution < 1.29 is 9.63 Å². The predicted molar refractivity (Wildman–Crippen MR) is 77.5 cm³/mol. The lowest BCUT2D eigenvalue weighted by Gasteiger charge is -2.27. The summed E-state index contributed by atoms with van der Waals surface area (Å²) in [5, 5.41) is 4.83. The SMILES string of the molecule is O=C1CCON1c1ccccc1CCN1CCNCC1. The number of hydroxylamine groups is 1. The number of carbonyl (C=O) groups is 1. The number of rotatable bonds is 4. The maximum Gasteiger partial charge on any atom is 0.253 e. The minimum atomic E-state index is 0.0552. The van der Waals surface area contributed by atoms with Gasteiger partial charge in [0.15, 0.2) is 0 Å². The molecule has 1 amide bonds. The largest absolute Gasteiger partial charge is 0.314 e. The van der Waals surface area contributed by atoms with Crippen LogP contribution in [-0.4, -0.2) is 50.1 Å². The fraction of sp³-hybridized carbons (Fsp3) is 0.533. The van der Waals surface area contributed by atoms with E-state index < -0.39 is 0 Å². The van der Waals surface area contributed by atoms with E-state index in [4.69, 9.17) is 4.84 Å². The molecule has 1 aromatic rings. The Labute approximate surface area is 119 Å². The summed E-state index contributed by atoms with van der Waals surface area (Å²) in [7, 11) is 0. The van der Waals surface area contributed by atoms with E-state index in [0.717, 1.165) is 44.8 Å². The number of carbonyl (C=O) groups excluding carboxylic acids is 1. The fourth-order valence-electron chi connectivity index (χ4n) is 2.74. The number of hydrogen-bond acceptors (Lipinski definition) is 4. The first-order valence-electron chi connectivity index (χ1n) is 7.31. The average molecular weight is 275 g/mol. The van der Waals surface area contributed by atoms with E-state index in [1.807, 2.05) is 18.2 Å². The first-order valence-corrected chi connectivity index (χ1v) is 7.31. The Bertz CT molecular complexity index is 472. The molecular weight excluding hydrogens is 254 g/mol. The Morgan fingerprint density at radius 3 is 2.75 bits per heavy atom. The Morgan fingerprint density at radius 2 is 2.00 bits per heavy atom.